The van der Waals surface area contributed by atoms with Gasteiger partial charge in [-0.1, -0.05) is 57.3 Å². The Morgan fingerprint density at radius 3 is 2.39 bits per heavy atom. The molecule has 0 spiro atoms. The Labute approximate surface area is 112 Å². The summed E-state index contributed by atoms with van der Waals surface area (Å²) in [5.41, 5.74) is 4.43. The summed E-state index contributed by atoms with van der Waals surface area (Å²) in [5, 5.41) is 0. The molecule has 1 aliphatic rings. The number of methoxy groups -OCH3 is 1. The number of hydrogen-bond acceptors (Lipinski definition) is 1. The van der Waals surface area contributed by atoms with E-state index in [2.05, 4.69) is 57.8 Å². The molecule has 0 radical (unpaired) electrons. The molecule has 0 atom stereocenters. The first kappa shape index (κ1) is 13.4. The maximum absolute atomic E-state index is 5.50. The quantitative estimate of drug-likeness (QED) is 0.715. The normalized spacial score (nSPS) is 17.3. The number of ether oxygens (including phenoxy) is 1. The highest BCUT2D eigenvalue weighted by Gasteiger charge is 2.36. The van der Waals surface area contributed by atoms with E-state index < -0.39 is 8.07 Å². The van der Waals surface area contributed by atoms with Gasteiger partial charge >= 0.3 is 0 Å². The van der Waals surface area contributed by atoms with E-state index in [0.717, 1.165) is 5.75 Å². The summed E-state index contributed by atoms with van der Waals surface area (Å²) in [6.07, 6.45) is 2.37. The summed E-state index contributed by atoms with van der Waals surface area (Å²) in [7, 11) is 0.670. The standard InChI is InChI=1S/C16H24OSi/c1-16(2)12(11-18(4,5)6)10-13-14(16)8-7-9-15(13)17-3/h7-10H,11H2,1-6H3. The van der Waals surface area contributed by atoms with Crippen LogP contribution in [0, 0.1) is 0 Å². The molecule has 98 valence electrons. The van der Waals surface area contributed by atoms with Crippen molar-refractivity contribution >= 4 is 14.1 Å². The van der Waals surface area contributed by atoms with Gasteiger partial charge in [-0.15, -0.1) is 0 Å². The Morgan fingerprint density at radius 2 is 1.83 bits per heavy atom. The lowest BCUT2D eigenvalue weighted by Gasteiger charge is -2.29. The second-order valence-corrected chi connectivity index (χ2v) is 12.4. The topological polar surface area (TPSA) is 9.23 Å². The van der Waals surface area contributed by atoms with E-state index in [-0.39, 0.29) is 5.41 Å². The van der Waals surface area contributed by atoms with Crippen LogP contribution in [0.5, 0.6) is 5.75 Å². The van der Waals surface area contributed by atoms with Gasteiger partial charge in [0, 0.05) is 19.1 Å². The molecule has 1 aromatic rings. The molecule has 0 saturated carbocycles. The minimum atomic E-state index is -1.09. The Hall–Kier alpha value is -1.02. The Balaban J connectivity index is 2.48. The SMILES string of the molecule is COc1cccc2c1C=C(C[Si](C)(C)C)C2(C)C. The third-order valence-electron chi connectivity index (χ3n) is 3.80. The molecule has 0 saturated heterocycles. The number of rotatable bonds is 3. The fourth-order valence-electron chi connectivity index (χ4n) is 2.79. The van der Waals surface area contributed by atoms with Crippen LogP contribution in [0.25, 0.3) is 6.08 Å². The van der Waals surface area contributed by atoms with Crippen molar-refractivity contribution in [1.82, 2.24) is 0 Å². The largest absolute Gasteiger partial charge is 0.496 e. The van der Waals surface area contributed by atoms with E-state index in [9.17, 15) is 0 Å². The summed E-state index contributed by atoms with van der Waals surface area (Å²) in [5.74, 6) is 1.01. The minimum absolute atomic E-state index is 0.157. The van der Waals surface area contributed by atoms with Gasteiger partial charge in [-0.05, 0) is 17.7 Å². The summed E-state index contributed by atoms with van der Waals surface area (Å²) < 4.78 is 5.50. The van der Waals surface area contributed by atoms with Crippen LogP contribution < -0.4 is 4.74 Å². The predicted molar refractivity (Wildman–Crippen MR) is 82.2 cm³/mol. The van der Waals surface area contributed by atoms with E-state index in [1.54, 1.807) is 12.7 Å². The molecule has 0 aliphatic heterocycles. The highest BCUT2D eigenvalue weighted by molar-refractivity contribution is 6.76. The molecule has 0 heterocycles. The molecule has 18 heavy (non-hydrogen) atoms. The van der Waals surface area contributed by atoms with Gasteiger partial charge in [-0.25, -0.2) is 0 Å². The van der Waals surface area contributed by atoms with E-state index in [1.807, 2.05) is 0 Å². The average Bonchev–Trinajstić information content (AvgIpc) is 2.49. The maximum Gasteiger partial charge on any atom is 0.126 e. The van der Waals surface area contributed by atoms with Crippen molar-refractivity contribution in [3.05, 3.63) is 34.9 Å². The second kappa shape index (κ2) is 4.27. The zero-order chi connectivity index (χ0) is 13.6. The van der Waals surface area contributed by atoms with Crippen molar-refractivity contribution in [2.75, 3.05) is 7.11 Å². The molecule has 0 bridgehead atoms. The minimum Gasteiger partial charge on any atom is -0.496 e. The Bertz CT molecular complexity index is 492. The number of benzene rings is 1. The van der Waals surface area contributed by atoms with Gasteiger partial charge in [0.2, 0.25) is 0 Å². The molecule has 2 rings (SSSR count). The maximum atomic E-state index is 5.50. The third kappa shape index (κ3) is 2.26. The van der Waals surface area contributed by atoms with Gasteiger partial charge in [0.15, 0.2) is 0 Å². The van der Waals surface area contributed by atoms with E-state index in [0.29, 0.717) is 0 Å². The Kier molecular flexibility index (Phi) is 3.18. The van der Waals surface area contributed by atoms with Crippen LogP contribution in [-0.4, -0.2) is 15.2 Å². The van der Waals surface area contributed by atoms with Crippen molar-refractivity contribution in [3.8, 4) is 5.75 Å². The first-order chi connectivity index (χ1) is 8.25. The van der Waals surface area contributed by atoms with Crippen molar-refractivity contribution in [1.29, 1.82) is 0 Å². The van der Waals surface area contributed by atoms with Crippen LogP contribution in [-0.2, 0) is 5.41 Å². The molecular weight excluding hydrogens is 236 g/mol. The number of allylic oxidation sites excluding steroid dienone is 1. The molecule has 0 N–H and O–H groups in total. The van der Waals surface area contributed by atoms with E-state index in [1.165, 1.54) is 17.2 Å². The highest BCUT2D eigenvalue weighted by atomic mass is 28.3. The van der Waals surface area contributed by atoms with E-state index in [4.69, 9.17) is 4.74 Å². The molecule has 1 aliphatic carbocycles. The third-order valence-corrected chi connectivity index (χ3v) is 5.24. The molecule has 0 unspecified atom stereocenters. The molecule has 2 heteroatoms. The highest BCUT2D eigenvalue weighted by Crippen LogP contribution is 2.47. The van der Waals surface area contributed by atoms with Crippen molar-refractivity contribution < 1.29 is 4.74 Å². The van der Waals surface area contributed by atoms with Gasteiger partial charge < -0.3 is 4.74 Å². The van der Waals surface area contributed by atoms with Crippen LogP contribution in [0.2, 0.25) is 25.7 Å². The zero-order valence-corrected chi connectivity index (χ0v) is 13.4. The Morgan fingerprint density at radius 1 is 1.17 bits per heavy atom. The molecule has 0 amide bonds. The van der Waals surface area contributed by atoms with Gasteiger partial charge in [0.25, 0.3) is 0 Å². The lowest BCUT2D eigenvalue weighted by Crippen LogP contribution is -2.26. The number of hydrogen-bond donors (Lipinski definition) is 0. The van der Waals surface area contributed by atoms with Gasteiger partial charge in [-0.2, -0.15) is 0 Å². The van der Waals surface area contributed by atoms with Gasteiger partial charge in [-0.3, -0.25) is 0 Å². The fourth-order valence-corrected chi connectivity index (χ4v) is 4.47. The predicted octanol–water partition coefficient (Wildman–Crippen LogP) is 4.71. The average molecular weight is 260 g/mol. The molecule has 0 fully saturated rings. The van der Waals surface area contributed by atoms with Crippen LogP contribution in [0.1, 0.15) is 25.0 Å². The number of fused-ring (bicyclic) bond motifs is 1. The summed E-state index contributed by atoms with van der Waals surface area (Å²) in [4.78, 5) is 0. The van der Waals surface area contributed by atoms with Crippen molar-refractivity contribution in [2.24, 2.45) is 0 Å². The first-order valence-corrected chi connectivity index (χ1v) is 10.3. The second-order valence-electron chi connectivity index (χ2n) is 6.95. The van der Waals surface area contributed by atoms with Gasteiger partial charge in [0.1, 0.15) is 5.75 Å². The van der Waals surface area contributed by atoms with E-state index >= 15 is 0 Å². The fraction of sp³-hybridized carbons (Fsp3) is 0.500. The lowest BCUT2D eigenvalue weighted by molar-refractivity contribution is 0.413. The monoisotopic (exact) mass is 260 g/mol. The molecular formula is C16H24OSi. The summed E-state index contributed by atoms with van der Waals surface area (Å²) in [6.45, 7) is 12.0. The molecule has 1 nitrogen and oxygen atoms in total. The van der Waals surface area contributed by atoms with Crippen LogP contribution >= 0.6 is 0 Å². The van der Waals surface area contributed by atoms with Gasteiger partial charge in [0.05, 0.1) is 7.11 Å². The lowest BCUT2D eigenvalue weighted by atomic mass is 9.82. The van der Waals surface area contributed by atoms with Crippen molar-refractivity contribution in [3.63, 3.8) is 0 Å². The van der Waals surface area contributed by atoms with Crippen molar-refractivity contribution in [2.45, 2.75) is 44.9 Å². The summed E-state index contributed by atoms with van der Waals surface area (Å²) in [6, 6.07) is 7.66. The zero-order valence-electron chi connectivity index (χ0n) is 12.4. The summed E-state index contributed by atoms with van der Waals surface area (Å²) >= 11 is 0. The van der Waals surface area contributed by atoms with Crippen LogP contribution in [0.15, 0.2) is 23.8 Å². The van der Waals surface area contributed by atoms with Crippen LogP contribution in [0.4, 0.5) is 0 Å². The van der Waals surface area contributed by atoms with Crippen LogP contribution in [0.3, 0.4) is 0 Å². The molecule has 0 aromatic heterocycles. The smallest absolute Gasteiger partial charge is 0.126 e. The first-order valence-electron chi connectivity index (χ1n) is 6.64. The molecule has 1 aromatic carbocycles.